The fourth-order valence-corrected chi connectivity index (χ4v) is 1.56. The minimum absolute atomic E-state index is 0.283. The number of amides is 1. The number of aliphatic carboxylic acids is 1. The Hall–Kier alpha value is -2.08. The lowest BCUT2D eigenvalue weighted by Gasteiger charge is -2.17. The number of carboxylic acids is 1. The summed E-state index contributed by atoms with van der Waals surface area (Å²) in [6.07, 6.45) is -0.338. The first kappa shape index (κ1) is 16.0. The van der Waals surface area contributed by atoms with Crippen molar-refractivity contribution in [3.8, 4) is 5.75 Å². The highest BCUT2D eigenvalue weighted by atomic mass is 16.5. The number of benzene rings is 1. The van der Waals surface area contributed by atoms with Crippen LogP contribution < -0.4 is 10.1 Å². The van der Waals surface area contributed by atoms with Crippen molar-refractivity contribution in [1.82, 2.24) is 5.32 Å². The summed E-state index contributed by atoms with van der Waals surface area (Å²) in [5.74, 6) is -1.31. The van der Waals surface area contributed by atoms with Crippen LogP contribution in [0.2, 0.25) is 0 Å². The van der Waals surface area contributed by atoms with Crippen LogP contribution in [0.15, 0.2) is 24.3 Å². The number of hydrogen-bond acceptors (Lipinski definition) is 4. The second-order valence-corrected chi connectivity index (χ2v) is 4.41. The molecule has 6 nitrogen and oxygen atoms in total. The molecule has 0 fully saturated rings. The molecule has 0 aliphatic carbocycles. The third kappa shape index (κ3) is 4.55. The summed E-state index contributed by atoms with van der Waals surface area (Å²) in [6.45, 7) is 3.81. The Bertz CT molecular complexity index is 472. The van der Waals surface area contributed by atoms with Gasteiger partial charge in [0.25, 0.3) is 5.91 Å². The first-order valence-electron chi connectivity index (χ1n) is 6.40. The van der Waals surface area contributed by atoms with Crippen LogP contribution in [0.5, 0.6) is 5.75 Å². The fraction of sp³-hybridized carbons (Fsp3) is 0.429. The number of rotatable bonds is 7. The molecule has 1 aromatic rings. The molecule has 0 aromatic heterocycles. The van der Waals surface area contributed by atoms with Gasteiger partial charge in [0.05, 0.1) is 12.7 Å². The normalized spacial score (nSPS) is 13.3. The van der Waals surface area contributed by atoms with E-state index in [4.69, 9.17) is 9.84 Å². The highest BCUT2D eigenvalue weighted by Crippen LogP contribution is 2.14. The van der Waals surface area contributed by atoms with E-state index in [2.05, 4.69) is 5.32 Å². The van der Waals surface area contributed by atoms with E-state index in [1.54, 1.807) is 18.2 Å². The molecule has 0 spiro atoms. The summed E-state index contributed by atoms with van der Waals surface area (Å²) in [6, 6.07) is 5.11. The number of ether oxygens (including phenoxy) is 1. The lowest BCUT2D eigenvalue weighted by atomic mass is 10.1. The molecule has 6 heteroatoms. The van der Waals surface area contributed by atoms with Crippen molar-refractivity contribution in [3.63, 3.8) is 0 Å². The number of carboxylic acid groups (broad SMARTS) is 1. The van der Waals surface area contributed by atoms with Gasteiger partial charge in [0.15, 0.2) is 6.04 Å². The second kappa shape index (κ2) is 7.49. The minimum Gasteiger partial charge on any atom is -0.494 e. The summed E-state index contributed by atoms with van der Waals surface area (Å²) in [7, 11) is 0. The number of nitrogens with one attached hydrogen (secondary N) is 1. The molecule has 0 heterocycles. The zero-order valence-electron chi connectivity index (χ0n) is 11.5. The van der Waals surface area contributed by atoms with E-state index < -0.39 is 24.0 Å². The third-order valence-corrected chi connectivity index (χ3v) is 2.60. The van der Waals surface area contributed by atoms with E-state index in [9.17, 15) is 14.7 Å². The Balaban J connectivity index is 2.78. The summed E-state index contributed by atoms with van der Waals surface area (Å²) < 4.78 is 5.40. The molecular formula is C14H19NO5. The van der Waals surface area contributed by atoms with Crippen molar-refractivity contribution in [2.45, 2.75) is 32.4 Å². The molecule has 0 saturated carbocycles. The predicted molar refractivity (Wildman–Crippen MR) is 72.8 cm³/mol. The Kier molecular flexibility index (Phi) is 5.99. The summed E-state index contributed by atoms with van der Waals surface area (Å²) in [4.78, 5) is 22.9. The molecule has 0 aliphatic rings. The Morgan fingerprint density at radius 2 is 2.10 bits per heavy atom. The number of carbonyl (C=O) groups excluding carboxylic acids is 1. The van der Waals surface area contributed by atoms with E-state index in [0.29, 0.717) is 12.4 Å². The van der Waals surface area contributed by atoms with Gasteiger partial charge in [-0.1, -0.05) is 13.0 Å². The van der Waals surface area contributed by atoms with Crippen molar-refractivity contribution in [1.29, 1.82) is 0 Å². The maximum Gasteiger partial charge on any atom is 0.328 e. The van der Waals surface area contributed by atoms with Gasteiger partial charge in [-0.25, -0.2) is 4.79 Å². The van der Waals surface area contributed by atoms with Gasteiger partial charge in [-0.3, -0.25) is 4.79 Å². The van der Waals surface area contributed by atoms with Crippen LogP contribution in [0.1, 0.15) is 30.6 Å². The Morgan fingerprint density at radius 1 is 1.40 bits per heavy atom. The zero-order valence-corrected chi connectivity index (χ0v) is 11.5. The number of hydrogen-bond donors (Lipinski definition) is 3. The van der Waals surface area contributed by atoms with Gasteiger partial charge < -0.3 is 20.3 Å². The minimum atomic E-state index is -1.34. The Labute approximate surface area is 117 Å². The van der Waals surface area contributed by atoms with E-state index in [-0.39, 0.29) is 5.56 Å². The zero-order chi connectivity index (χ0) is 15.1. The molecule has 1 aromatic carbocycles. The molecule has 110 valence electrons. The second-order valence-electron chi connectivity index (χ2n) is 4.41. The maximum absolute atomic E-state index is 11.9. The maximum atomic E-state index is 11.9. The van der Waals surface area contributed by atoms with Crippen molar-refractivity contribution in [2.24, 2.45) is 0 Å². The number of aliphatic hydroxyl groups is 1. The molecule has 0 unspecified atom stereocenters. The van der Waals surface area contributed by atoms with Crippen molar-refractivity contribution in [2.75, 3.05) is 6.61 Å². The van der Waals surface area contributed by atoms with Gasteiger partial charge in [-0.05, 0) is 31.5 Å². The van der Waals surface area contributed by atoms with Crippen molar-refractivity contribution >= 4 is 11.9 Å². The van der Waals surface area contributed by atoms with Gasteiger partial charge in [0.2, 0.25) is 0 Å². The summed E-state index contributed by atoms with van der Waals surface area (Å²) >= 11 is 0. The molecule has 1 rings (SSSR count). The van der Waals surface area contributed by atoms with Crippen molar-refractivity contribution in [3.05, 3.63) is 29.8 Å². The lowest BCUT2D eigenvalue weighted by molar-refractivity contribution is -0.141. The van der Waals surface area contributed by atoms with E-state index >= 15 is 0 Å². The quantitative estimate of drug-likeness (QED) is 0.694. The SMILES string of the molecule is CCCOc1cccc(C(=O)N[C@H](C(=O)O)[C@@H](C)O)c1. The molecule has 0 aliphatic heterocycles. The topological polar surface area (TPSA) is 95.9 Å². The molecule has 0 saturated heterocycles. The smallest absolute Gasteiger partial charge is 0.328 e. The van der Waals surface area contributed by atoms with Crippen molar-refractivity contribution < 1.29 is 24.5 Å². The van der Waals surface area contributed by atoms with Crippen LogP contribution in [-0.2, 0) is 4.79 Å². The molecule has 3 N–H and O–H groups in total. The van der Waals surface area contributed by atoms with Crippen LogP contribution in [0.3, 0.4) is 0 Å². The van der Waals surface area contributed by atoms with Gasteiger partial charge >= 0.3 is 5.97 Å². The molecule has 0 bridgehead atoms. The van der Waals surface area contributed by atoms with Gasteiger partial charge in [-0.15, -0.1) is 0 Å². The van der Waals surface area contributed by atoms with Gasteiger partial charge in [0.1, 0.15) is 5.75 Å². The van der Waals surface area contributed by atoms with Crippen LogP contribution in [0.4, 0.5) is 0 Å². The van der Waals surface area contributed by atoms with Crippen LogP contribution >= 0.6 is 0 Å². The van der Waals surface area contributed by atoms with Crippen LogP contribution in [-0.4, -0.2) is 40.8 Å². The monoisotopic (exact) mass is 281 g/mol. The number of carbonyl (C=O) groups is 2. The molecular weight excluding hydrogens is 262 g/mol. The van der Waals surface area contributed by atoms with E-state index in [1.165, 1.54) is 13.0 Å². The fourth-order valence-electron chi connectivity index (χ4n) is 1.56. The summed E-state index contributed by atoms with van der Waals surface area (Å²) in [5, 5.41) is 20.5. The average Bonchev–Trinajstić information content (AvgIpc) is 2.41. The van der Waals surface area contributed by atoms with Gasteiger partial charge in [-0.2, -0.15) is 0 Å². The lowest BCUT2D eigenvalue weighted by Crippen LogP contribution is -2.47. The Morgan fingerprint density at radius 3 is 2.65 bits per heavy atom. The summed E-state index contributed by atoms with van der Waals surface area (Å²) in [5.41, 5.74) is 0.283. The predicted octanol–water partition coefficient (Wildman–Crippen LogP) is 1.04. The highest BCUT2D eigenvalue weighted by Gasteiger charge is 2.25. The highest BCUT2D eigenvalue weighted by molar-refractivity contribution is 5.97. The number of aliphatic hydroxyl groups excluding tert-OH is 1. The first-order chi connectivity index (χ1) is 9.45. The van der Waals surface area contributed by atoms with Gasteiger partial charge in [0, 0.05) is 5.56 Å². The molecule has 2 atom stereocenters. The van der Waals surface area contributed by atoms with Crippen LogP contribution in [0.25, 0.3) is 0 Å². The first-order valence-corrected chi connectivity index (χ1v) is 6.40. The molecule has 0 radical (unpaired) electrons. The van der Waals surface area contributed by atoms with Crippen LogP contribution in [0, 0.1) is 0 Å². The van der Waals surface area contributed by atoms with E-state index in [1.807, 2.05) is 6.92 Å². The standard InChI is InChI=1S/C14H19NO5/c1-3-7-20-11-6-4-5-10(8-11)13(17)15-12(9(2)16)14(18)19/h4-6,8-9,12,16H,3,7H2,1-2H3,(H,15,17)(H,18,19)/t9-,12+/m1/s1. The van der Waals surface area contributed by atoms with E-state index in [0.717, 1.165) is 6.42 Å². The third-order valence-electron chi connectivity index (χ3n) is 2.60. The largest absolute Gasteiger partial charge is 0.494 e. The molecule has 1 amide bonds. The average molecular weight is 281 g/mol. The molecule has 20 heavy (non-hydrogen) atoms.